The molecule has 0 saturated carbocycles. The lowest BCUT2D eigenvalue weighted by atomic mass is 10.2. The van der Waals surface area contributed by atoms with Crippen LogP contribution in [0.25, 0.3) is 5.69 Å². The maximum absolute atomic E-state index is 11.7. The fourth-order valence-corrected chi connectivity index (χ4v) is 2.67. The molecule has 0 fully saturated rings. The van der Waals surface area contributed by atoms with Crippen LogP contribution >= 0.6 is 11.8 Å². The summed E-state index contributed by atoms with van der Waals surface area (Å²) < 4.78 is 1.89. The Hall–Kier alpha value is -2.28. The number of rotatable bonds is 4. The Morgan fingerprint density at radius 2 is 2.19 bits per heavy atom. The number of aromatic nitrogens is 2. The van der Waals surface area contributed by atoms with Gasteiger partial charge >= 0.3 is 6.03 Å². The van der Waals surface area contributed by atoms with Crippen LogP contribution < -0.4 is 11.1 Å². The minimum absolute atomic E-state index is 0.439. The normalized spacial score (nSPS) is 11.9. The average Bonchev–Trinajstić information content (AvgIpc) is 2.86. The van der Waals surface area contributed by atoms with Gasteiger partial charge in [-0.3, -0.25) is 14.7 Å². The summed E-state index contributed by atoms with van der Waals surface area (Å²) in [6, 6.07) is 7.11. The number of imide groups is 1. The predicted octanol–water partition coefficient (Wildman–Crippen LogP) is 1.86. The predicted molar refractivity (Wildman–Crippen MR) is 81.3 cm³/mol. The second-order valence-corrected chi connectivity index (χ2v) is 5.84. The van der Waals surface area contributed by atoms with Gasteiger partial charge in [0.1, 0.15) is 0 Å². The smallest absolute Gasteiger partial charge is 0.318 e. The van der Waals surface area contributed by atoms with Crippen molar-refractivity contribution in [1.82, 2.24) is 14.9 Å². The minimum atomic E-state index is -0.852. The quantitative estimate of drug-likeness (QED) is 0.844. The van der Waals surface area contributed by atoms with Gasteiger partial charge in [-0.25, -0.2) is 9.78 Å². The van der Waals surface area contributed by atoms with Crippen LogP contribution in [0.5, 0.6) is 0 Å². The molecular weight excluding hydrogens is 288 g/mol. The third-order valence-corrected chi connectivity index (χ3v) is 3.86. The maximum atomic E-state index is 11.7. The minimum Gasteiger partial charge on any atom is -0.351 e. The number of nitrogens with one attached hydrogen (secondary N) is 1. The van der Waals surface area contributed by atoms with Gasteiger partial charge < -0.3 is 5.73 Å². The number of thioether (sulfide) groups is 1. The lowest BCUT2D eigenvalue weighted by Crippen LogP contribution is -2.39. The van der Waals surface area contributed by atoms with Crippen LogP contribution in [0.15, 0.2) is 41.8 Å². The van der Waals surface area contributed by atoms with Gasteiger partial charge in [0.25, 0.3) is 0 Å². The Morgan fingerprint density at radius 3 is 2.86 bits per heavy atom. The van der Waals surface area contributed by atoms with Gasteiger partial charge in [0, 0.05) is 18.1 Å². The first-order valence-corrected chi connectivity index (χ1v) is 7.22. The van der Waals surface area contributed by atoms with Gasteiger partial charge in [-0.15, -0.1) is 0 Å². The summed E-state index contributed by atoms with van der Waals surface area (Å²) in [5.41, 5.74) is 7.05. The summed E-state index contributed by atoms with van der Waals surface area (Å²) in [5, 5.41) is 2.26. The van der Waals surface area contributed by atoms with Crippen molar-refractivity contribution in [3.05, 3.63) is 42.2 Å². The van der Waals surface area contributed by atoms with Crippen molar-refractivity contribution in [3.8, 4) is 5.69 Å². The Labute approximate surface area is 126 Å². The number of urea groups is 1. The molecule has 0 radical (unpaired) electrons. The molecule has 2 aromatic rings. The summed E-state index contributed by atoms with van der Waals surface area (Å²) in [7, 11) is 0. The molecule has 3 amide bonds. The number of amides is 3. The van der Waals surface area contributed by atoms with Gasteiger partial charge in [0.2, 0.25) is 5.91 Å². The summed E-state index contributed by atoms with van der Waals surface area (Å²) in [6.45, 7) is 3.70. The molecule has 1 aromatic carbocycles. The second kappa shape index (κ2) is 6.45. The molecule has 0 spiro atoms. The Kier molecular flexibility index (Phi) is 4.64. The number of primary amides is 1. The Bertz CT molecular complexity index is 668. The van der Waals surface area contributed by atoms with Crippen LogP contribution in [0.4, 0.5) is 4.79 Å². The molecule has 110 valence electrons. The molecule has 3 N–H and O–H groups in total. The van der Waals surface area contributed by atoms with Crippen molar-refractivity contribution in [2.24, 2.45) is 5.73 Å². The number of aryl methyl sites for hydroxylation is 1. The van der Waals surface area contributed by atoms with Gasteiger partial charge in [0.05, 0.1) is 5.25 Å². The third kappa shape index (κ3) is 3.85. The highest BCUT2D eigenvalue weighted by atomic mass is 32.2. The number of imidazole rings is 1. The number of hydrogen-bond acceptors (Lipinski definition) is 4. The molecule has 7 heteroatoms. The van der Waals surface area contributed by atoms with E-state index in [-0.39, 0.29) is 0 Å². The number of nitrogens with zero attached hydrogens (tertiary/aromatic N) is 2. The number of hydrogen-bond donors (Lipinski definition) is 2. The summed E-state index contributed by atoms with van der Waals surface area (Å²) in [5.74, 6) is -0.439. The second-order valence-electron chi connectivity index (χ2n) is 4.53. The lowest BCUT2D eigenvalue weighted by Gasteiger charge is -2.12. The van der Waals surface area contributed by atoms with E-state index < -0.39 is 17.2 Å². The topological polar surface area (TPSA) is 90.0 Å². The molecule has 1 heterocycles. The van der Waals surface area contributed by atoms with E-state index in [1.807, 2.05) is 42.0 Å². The zero-order valence-electron chi connectivity index (χ0n) is 11.7. The van der Waals surface area contributed by atoms with Crippen molar-refractivity contribution in [3.63, 3.8) is 0 Å². The van der Waals surface area contributed by atoms with Crippen LogP contribution in [0.1, 0.15) is 12.5 Å². The standard InChI is InChI=1S/C14H16N4O2S/c1-9-4-3-5-11(8-9)18-7-6-16-14(18)21-10(2)12(19)17-13(15)20/h3-8,10H,1-2H3,(H3,15,17,19,20). The van der Waals surface area contributed by atoms with Crippen LogP contribution in [0, 0.1) is 6.92 Å². The molecule has 0 aliphatic carbocycles. The van der Waals surface area contributed by atoms with Gasteiger partial charge in [-0.05, 0) is 31.5 Å². The zero-order valence-corrected chi connectivity index (χ0v) is 12.6. The zero-order chi connectivity index (χ0) is 15.4. The molecule has 21 heavy (non-hydrogen) atoms. The molecule has 0 bridgehead atoms. The average molecular weight is 304 g/mol. The first-order chi connectivity index (χ1) is 9.97. The van der Waals surface area contributed by atoms with Gasteiger partial charge in [-0.2, -0.15) is 0 Å². The van der Waals surface area contributed by atoms with Gasteiger partial charge in [0.15, 0.2) is 5.16 Å². The maximum Gasteiger partial charge on any atom is 0.318 e. The summed E-state index contributed by atoms with van der Waals surface area (Å²) in [4.78, 5) is 26.7. The van der Waals surface area contributed by atoms with Gasteiger partial charge in [-0.1, -0.05) is 23.9 Å². The summed E-state index contributed by atoms with van der Waals surface area (Å²) in [6.07, 6.45) is 3.50. The molecule has 0 aliphatic heterocycles. The van der Waals surface area contributed by atoms with E-state index in [4.69, 9.17) is 5.73 Å². The van der Waals surface area contributed by atoms with E-state index in [0.717, 1.165) is 11.3 Å². The number of carbonyl (C=O) groups is 2. The first-order valence-electron chi connectivity index (χ1n) is 6.34. The Morgan fingerprint density at radius 1 is 1.43 bits per heavy atom. The molecule has 6 nitrogen and oxygen atoms in total. The van der Waals surface area contributed by atoms with Crippen molar-refractivity contribution in [1.29, 1.82) is 0 Å². The monoisotopic (exact) mass is 304 g/mol. The van der Waals surface area contributed by atoms with E-state index >= 15 is 0 Å². The van der Waals surface area contributed by atoms with Crippen molar-refractivity contribution < 1.29 is 9.59 Å². The highest BCUT2D eigenvalue weighted by molar-refractivity contribution is 8.00. The van der Waals surface area contributed by atoms with E-state index in [0.29, 0.717) is 5.16 Å². The third-order valence-electron chi connectivity index (χ3n) is 2.78. The SMILES string of the molecule is Cc1cccc(-n2ccnc2SC(C)C(=O)NC(N)=O)c1. The fraction of sp³-hybridized carbons (Fsp3) is 0.214. The van der Waals surface area contributed by atoms with Crippen molar-refractivity contribution >= 4 is 23.7 Å². The highest BCUT2D eigenvalue weighted by Crippen LogP contribution is 2.24. The highest BCUT2D eigenvalue weighted by Gasteiger charge is 2.18. The molecule has 1 unspecified atom stereocenters. The van der Waals surface area contributed by atoms with E-state index in [2.05, 4.69) is 10.3 Å². The Balaban J connectivity index is 2.17. The number of benzene rings is 1. The van der Waals surface area contributed by atoms with E-state index in [1.54, 1.807) is 13.1 Å². The van der Waals surface area contributed by atoms with Crippen LogP contribution in [-0.2, 0) is 4.79 Å². The molecule has 0 saturated heterocycles. The number of nitrogens with two attached hydrogens (primary N) is 1. The molecule has 1 atom stereocenters. The molecular formula is C14H16N4O2S. The van der Waals surface area contributed by atoms with Crippen LogP contribution in [-0.4, -0.2) is 26.7 Å². The van der Waals surface area contributed by atoms with Crippen LogP contribution in [0.3, 0.4) is 0 Å². The van der Waals surface area contributed by atoms with Crippen molar-refractivity contribution in [2.75, 3.05) is 0 Å². The molecule has 1 aromatic heterocycles. The molecule has 0 aliphatic rings. The number of carbonyl (C=O) groups excluding carboxylic acids is 2. The lowest BCUT2D eigenvalue weighted by molar-refractivity contribution is -0.119. The van der Waals surface area contributed by atoms with Crippen LogP contribution in [0.2, 0.25) is 0 Å². The molecule has 2 rings (SSSR count). The van der Waals surface area contributed by atoms with E-state index in [9.17, 15) is 9.59 Å². The van der Waals surface area contributed by atoms with E-state index in [1.165, 1.54) is 11.8 Å². The summed E-state index contributed by atoms with van der Waals surface area (Å²) >= 11 is 1.26. The first kappa shape index (κ1) is 15.1. The largest absolute Gasteiger partial charge is 0.351 e. The fourth-order valence-electron chi connectivity index (χ4n) is 1.79. The van der Waals surface area contributed by atoms with Crippen molar-refractivity contribution in [2.45, 2.75) is 24.3 Å².